The molecule has 140 valence electrons. The Kier molecular flexibility index (Phi) is 8.71. The van der Waals surface area contributed by atoms with Gasteiger partial charge in [0.2, 0.25) is 8.87 Å². The summed E-state index contributed by atoms with van der Waals surface area (Å²) in [6.45, 7) is 0.396. The van der Waals surface area contributed by atoms with E-state index in [0.717, 1.165) is 42.0 Å². The Bertz CT molecular complexity index is 759. The fourth-order valence-electron chi connectivity index (χ4n) is 2.39. The minimum atomic E-state index is -3.13. The molecule has 0 saturated heterocycles. The van der Waals surface area contributed by atoms with Crippen LogP contribution >= 0.6 is 10.8 Å². The lowest BCUT2D eigenvalue weighted by atomic mass is 10.2. The summed E-state index contributed by atoms with van der Waals surface area (Å²) < 4.78 is 29.3. The Morgan fingerprint density at radius 1 is 0.846 bits per heavy atom. The molecule has 0 unspecified atom stereocenters. The molecular weight excluding hydrogens is 368 g/mol. The Balaban J connectivity index is 1.52. The van der Waals surface area contributed by atoms with Crippen LogP contribution in [0.3, 0.4) is 0 Å². The zero-order valence-electron chi connectivity index (χ0n) is 14.7. The molecule has 4 nitrogen and oxygen atoms in total. The van der Waals surface area contributed by atoms with Gasteiger partial charge in [-0.05, 0) is 41.3 Å². The lowest BCUT2D eigenvalue weighted by Crippen LogP contribution is -2.06. The first kappa shape index (κ1) is 20.5. The van der Waals surface area contributed by atoms with Crippen molar-refractivity contribution in [1.29, 1.82) is 0 Å². The third-order valence-electron chi connectivity index (χ3n) is 3.73. The van der Waals surface area contributed by atoms with Crippen molar-refractivity contribution in [3.8, 4) is 0 Å². The second-order valence-electron chi connectivity index (χ2n) is 5.93. The van der Waals surface area contributed by atoms with E-state index in [4.69, 9.17) is 4.74 Å². The molecule has 0 radical (unpaired) electrons. The normalized spacial score (nSPS) is 11.2. The number of hydrogen-bond acceptors (Lipinski definition) is 5. The van der Waals surface area contributed by atoms with E-state index in [9.17, 15) is 13.2 Å². The summed E-state index contributed by atoms with van der Waals surface area (Å²) in [4.78, 5) is 11.7. The Morgan fingerprint density at radius 3 is 2.15 bits per heavy atom. The summed E-state index contributed by atoms with van der Waals surface area (Å²) in [6.07, 6.45) is 3.48. The molecule has 0 N–H and O–H groups in total. The zero-order chi connectivity index (χ0) is 18.7. The van der Waals surface area contributed by atoms with Gasteiger partial charge in [0.25, 0.3) is 0 Å². The van der Waals surface area contributed by atoms with Gasteiger partial charge in [-0.25, -0.2) is 13.2 Å². The maximum Gasteiger partial charge on any atom is 0.338 e. The smallest absolute Gasteiger partial charge is 0.338 e. The Labute approximate surface area is 159 Å². The first-order chi connectivity index (χ1) is 12.6. The van der Waals surface area contributed by atoms with Crippen LogP contribution in [0.4, 0.5) is 0 Å². The topological polar surface area (TPSA) is 60.4 Å². The summed E-state index contributed by atoms with van der Waals surface area (Å²) in [5.74, 6) is 0.376. The van der Waals surface area contributed by atoms with Crippen LogP contribution in [0.15, 0.2) is 60.7 Å². The van der Waals surface area contributed by atoms with E-state index in [1.165, 1.54) is 0 Å². The molecule has 2 aromatic rings. The van der Waals surface area contributed by atoms with Crippen molar-refractivity contribution in [2.45, 2.75) is 31.4 Å². The molecule has 0 aromatic heterocycles. The highest BCUT2D eigenvalue weighted by Crippen LogP contribution is 2.20. The van der Waals surface area contributed by atoms with Crippen molar-refractivity contribution in [2.24, 2.45) is 0 Å². The van der Waals surface area contributed by atoms with Gasteiger partial charge in [0.05, 0.1) is 17.9 Å². The third kappa shape index (κ3) is 8.06. The van der Waals surface area contributed by atoms with Crippen LogP contribution in [0.5, 0.6) is 0 Å². The minimum absolute atomic E-state index is 0.0773. The zero-order valence-corrected chi connectivity index (χ0v) is 16.3. The molecule has 0 heterocycles. The minimum Gasteiger partial charge on any atom is -0.462 e. The number of hydrogen-bond donors (Lipinski definition) is 0. The van der Waals surface area contributed by atoms with Gasteiger partial charge in [0.1, 0.15) is 0 Å². The average Bonchev–Trinajstić information content (AvgIpc) is 2.65. The first-order valence-corrected chi connectivity index (χ1v) is 11.9. The van der Waals surface area contributed by atoms with Crippen LogP contribution in [-0.2, 0) is 19.4 Å². The van der Waals surface area contributed by atoms with E-state index in [0.29, 0.717) is 17.9 Å². The SMILES string of the molecule is O=C(OCCCCCCSS(=O)(=O)Cc1ccccc1)c1ccccc1. The molecule has 0 amide bonds. The van der Waals surface area contributed by atoms with Gasteiger partial charge >= 0.3 is 5.97 Å². The fraction of sp³-hybridized carbons (Fsp3) is 0.350. The highest BCUT2D eigenvalue weighted by Gasteiger charge is 2.12. The highest BCUT2D eigenvalue weighted by molar-refractivity contribution is 8.71. The lowest BCUT2D eigenvalue weighted by Gasteiger charge is -2.06. The van der Waals surface area contributed by atoms with E-state index in [-0.39, 0.29) is 11.7 Å². The van der Waals surface area contributed by atoms with Gasteiger partial charge < -0.3 is 4.74 Å². The highest BCUT2D eigenvalue weighted by atomic mass is 33.1. The molecule has 0 aliphatic rings. The molecule has 0 aliphatic heterocycles. The number of ether oxygens (including phenoxy) is 1. The van der Waals surface area contributed by atoms with Crippen molar-refractivity contribution >= 4 is 25.6 Å². The van der Waals surface area contributed by atoms with Crippen molar-refractivity contribution in [2.75, 3.05) is 12.4 Å². The summed E-state index contributed by atoms with van der Waals surface area (Å²) in [7, 11) is -2.10. The van der Waals surface area contributed by atoms with Crippen LogP contribution < -0.4 is 0 Å². The van der Waals surface area contributed by atoms with E-state index in [1.54, 1.807) is 24.3 Å². The second-order valence-corrected chi connectivity index (χ2v) is 10.2. The molecule has 0 saturated carbocycles. The van der Waals surface area contributed by atoms with Crippen molar-refractivity contribution in [3.05, 3.63) is 71.8 Å². The summed E-state index contributed by atoms with van der Waals surface area (Å²) >= 11 is 0. The number of benzene rings is 2. The fourth-order valence-corrected chi connectivity index (χ4v) is 5.42. The predicted molar refractivity (Wildman–Crippen MR) is 107 cm³/mol. The monoisotopic (exact) mass is 392 g/mol. The van der Waals surface area contributed by atoms with Crippen molar-refractivity contribution < 1.29 is 17.9 Å². The molecule has 0 atom stereocenters. The largest absolute Gasteiger partial charge is 0.462 e. The molecule has 6 heteroatoms. The summed E-state index contributed by atoms with van der Waals surface area (Å²) in [5, 5.41) is 0. The maximum atomic E-state index is 12.1. The lowest BCUT2D eigenvalue weighted by molar-refractivity contribution is 0.0498. The molecule has 2 rings (SSSR count). The van der Waals surface area contributed by atoms with Crippen LogP contribution in [0.1, 0.15) is 41.6 Å². The van der Waals surface area contributed by atoms with Gasteiger partial charge in [-0.2, -0.15) is 0 Å². The van der Waals surface area contributed by atoms with Gasteiger partial charge in [0.15, 0.2) is 0 Å². The maximum absolute atomic E-state index is 12.1. The number of carbonyl (C=O) groups excluding carboxylic acids is 1. The Hall–Kier alpha value is -1.79. The van der Waals surface area contributed by atoms with Crippen LogP contribution in [0, 0.1) is 0 Å². The van der Waals surface area contributed by atoms with Crippen LogP contribution in [-0.4, -0.2) is 26.7 Å². The van der Waals surface area contributed by atoms with Crippen molar-refractivity contribution in [3.63, 3.8) is 0 Å². The van der Waals surface area contributed by atoms with E-state index in [2.05, 4.69) is 0 Å². The standard InChI is InChI=1S/C20H24O4S2/c21-20(19-13-7-4-8-14-19)24-15-9-1-2-10-16-25-26(22,23)17-18-11-5-3-6-12-18/h3-8,11-14H,1-2,9-10,15-17H2. The summed E-state index contributed by atoms with van der Waals surface area (Å²) in [5.41, 5.74) is 1.38. The van der Waals surface area contributed by atoms with Gasteiger partial charge in [-0.15, -0.1) is 0 Å². The van der Waals surface area contributed by atoms with Gasteiger partial charge in [-0.1, -0.05) is 61.4 Å². The number of rotatable bonds is 11. The van der Waals surface area contributed by atoms with Crippen molar-refractivity contribution in [1.82, 2.24) is 0 Å². The number of carbonyl (C=O) groups is 1. The molecule has 0 spiro atoms. The second kappa shape index (κ2) is 11.0. The third-order valence-corrected chi connectivity index (χ3v) is 7.16. The van der Waals surface area contributed by atoms with E-state index < -0.39 is 8.87 Å². The Morgan fingerprint density at radius 2 is 1.46 bits per heavy atom. The average molecular weight is 393 g/mol. The molecule has 0 fully saturated rings. The van der Waals surface area contributed by atoms with Crippen LogP contribution in [0.2, 0.25) is 0 Å². The van der Waals surface area contributed by atoms with Gasteiger partial charge in [-0.3, -0.25) is 0 Å². The first-order valence-electron chi connectivity index (χ1n) is 8.70. The van der Waals surface area contributed by atoms with Gasteiger partial charge in [0, 0.05) is 5.75 Å². The van der Waals surface area contributed by atoms with E-state index in [1.807, 2.05) is 36.4 Å². The van der Waals surface area contributed by atoms with E-state index >= 15 is 0 Å². The number of esters is 1. The molecule has 26 heavy (non-hydrogen) atoms. The summed E-state index contributed by atoms with van der Waals surface area (Å²) in [6, 6.07) is 18.2. The molecule has 0 aliphatic carbocycles. The number of unbranched alkanes of at least 4 members (excludes halogenated alkanes) is 3. The predicted octanol–water partition coefficient (Wildman–Crippen LogP) is 4.67. The molecule has 2 aromatic carbocycles. The quantitative estimate of drug-likeness (QED) is 0.316. The molecular formula is C20H24O4S2. The van der Waals surface area contributed by atoms with Crippen LogP contribution in [0.25, 0.3) is 0 Å². The molecule has 0 bridgehead atoms.